The lowest BCUT2D eigenvalue weighted by Gasteiger charge is -2.25. The van der Waals surface area contributed by atoms with E-state index >= 15 is 0 Å². The van der Waals surface area contributed by atoms with Gasteiger partial charge in [0, 0.05) is 19.7 Å². The van der Waals surface area contributed by atoms with Crippen LogP contribution in [0.3, 0.4) is 0 Å². The Kier molecular flexibility index (Phi) is 3.92. The summed E-state index contributed by atoms with van der Waals surface area (Å²) in [5.41, 5.74) is 6.83. The maximum Gasteiger partial charge on any atom is 0.256 e. The molecule has 0 radical (unpaired) electrons. The van der Waals surface area contributed by atoms with Gasteiger partial charge >= 0.3 is 0 Å². The third-order valence-electron chi connectivity index (χ3n) is 3.06. The van der Waals surface area contributed by atoms with Gasteiger partial charge in [0.2, 0.25) is 0 Å². The zero-order valence-corrected chi connectivity index (χ0v) is 11.0. The second kappa shape index (κ2) is 5.46. The first kappa shape index (κ1) is 13.6. The molecule has 1 aliphatic heterocycles. The molecule has 0 saturated carbocycles. The molecule has 1 aliphatic rings. The van der Waals surface area contributed by atoms with Crippen molar-refractivity contribution >= 4 is 11.6 Å². The Morgan fingerprint density at radius 2 is 2.00 bits per heavy atom. The van der Waals surface area contributed by atoms with E-state index in [1.165, 1.54) is 4.90 Å². The number of nitrogens with two attached hydrogens (primary N) is 1. The molecule has 1 atom stereocenters. The fraction of sp³-hybridized carbons (Fsp3) is 0.462. The molecule has 0 bridgehead atoms. The van der Waals surface area contributed by atoms with E-state index in [9.17, 15) is 9.90 Å². The third-order valence-corrected chi connectivity index (χ3v) is 3.06. The number of benzene rings is 1. The van der Waals surface area contributed by atoms with Crippen molar-refractivity contribution in [3.05, 3.63) is 17.7 Å². The van der Waals surface area contributed by atoms with Gasteiger partial charge in [0.15, 0.2) is 11.5 Å². The molecule has 19 heavy (non-hydrogen) atoms. The summed E-state index contributed by atoms with van der Waals surface area (Å²) >= 11 is 0. The molecule has 1 unspecified atom stereocenters. The lowest BCUT2D eigenvalue weighted by atomic mass is 10.1. The summed E-state index contributed by atoms with van der Waals surface area (Å²) in [5, 5.41) is 9.52. The first-order chi connectivity index (χ1) is 9.04. The van der Waals surface area contributed by atoms with Crippen LogP contribution in [-0.2, 0) is 4.79 Å². The van der Waals surface area contributed by atoms with Gasteiger partial charge in [-0.25, -0.2) is 0 Å². The number of aliphatic hydroxyl groups is 1. The molecule has 0 spiro atoms. The molecule has 2 rings (SSSR count). The number of rotatable bonds is 3. The first-order valence-electron chi connectivity index (χ1n) is 6.10. The minimum absolute atomic E-state index is 0.104. The minimum atomic E-state index is -1.20. The number of hydrogen-bond acceptors (Lipinski definition) is 5. The normalized spacial score (nSPS) is 14.9. The molecule has 0 aromatic heterocycles. The van der Waals surface area contributed by atoms with Gasteiger partial charge in [-0.3, -0.25) is 4.79 Å². The molecule has 0 fully saturated rings. The summed E-state index contributed by atoms with van der Waals surface area (Å²) < 4.78 is 11.0. The Labute approximate surface area is 111 Å². The van der Waals surface area contributed by atoms with Crippen LogP contribution in [0, 0.1) is 6.92 Å². The molecule has 1 heterocycles. The third kappa shape index (κ3) is 2.64. The molecule has 3 N–H and O–H groups in total. The predicted octanol–water partition coefficient (Wildman–Crippen LogP) is 0.0486. The summed E-state index contributed by atoms with van der Waals surface area (Å²) in [6, 6.07) is 3.56. The number of fused-ring (bicyclic) bond motifs is 1. The number of carbonyl (C=O) groups is 1. The summed E-state index contributed by atoms with van der Waals surface area (Å²) in [6.45, 7) is 2.77. The zero-order chi connectivity index (χ0) is 14.0. The molecular formula is C13H18N2O4. The Morgan fingerprint density at radius 3 is 2.58 bits per heavy atom. The lowest BCUT2D eigenvalue weighted by molar-refractivity contribution is -0.125. The average Bonchev–Trinajstić information content (AvgIpc) is 2.44. The summed E-state index contributed by atoms with van der Waals surface area (Å²) in [5.74, 6) is 0.837. The topological polar surface area (TPSA) is 85.0 Å². The monoisotopic (exact) mass is 266 g/mol. The van der Waals surface area contributed by atoms with Crippen molar-refractivity contribution in [1.82, 2.24) is 0 Å². The van der Waals surface area contributed by atoms with Crippen LogP contribution < -0.4 is 20.1 Å². The molecule has 1 aromatic rings. The van der Waals surface area contributed by atoms with Crippen LogP contribution in [0.15, 0.2) is 12.1 Å². The second-order valence-electron chi connectivity index (χ2n) is 4.43. The van der Waals surface area contributed by atoms with E-state index in [1.807, 2.05) is 13.0 Å². The van der Waals surface area contributed by atoms with Gasteiger partial charge in [0.05, 0.1) is 5.69 Å². The van der Waals surface area contributed by atoms with Crippen molar-refractivity contribution < 1.29 is 19.4 Å². The summed E-state index contributed by atoms with van der Waals surface area (Å²) in [7, 11) is 1.60. The number of aliphatic hydroxyl groups excluding tert-OH is 1. The van der Waals surface area contributed by atoms with E-state index in [2.05, 4.69) is 0 Å². The van der Waals surface area contributed by atoms with Crippen molar-refractivity contribution in [3.8, 4) is 11.5 Å². The van der Waals surface area contributed by atoms with Gasteiger partial charge in [0.1, 0.15) is 19.3 Å². The van der Waals surface area contributed by atoms with Crippen molar-refractivity contribution in [2.45, 2.75) is 13.0 Å². The Bertz CT molecular complexity index is 490. The van der Waals surface area contributed by atoms with E-state index in [1.54, 1.807) is 13.1 Å². The van der Waals surface area contributed by atoms with E-state index in [0.717, 1.165) is 5.56 Å². The number of hydrogen-bond donors (Lipinski definition) is 2. The van der Waals surface area contributed by atoms with Crippen molar-refractivity contribution in [3.63, 3.8) is 0 Å². The molecule has 0 aliphatic carbocycles. The van der Waals surface area contributed by atoms with Crippen molar-refractivity contribution in [2.24, 2.45) is 5.73 Å². The van der Waals surface area contributed by atoms with Crippen LogP contribution in [0.1, 0.15) is 5.56 Å². The van der Waals surface area contributed by atoms with Gasteiger partial charge in [-0.1, -0.05) is 0 Å². The number of ether oxygens (including phenoxy) is 2. The van der Waals surface area contributed by atoms with Crippen LogP contribution in [0.2, 0.25) is 0 Å². The maximum absolute atomic E-state index is 11.9. The van der Waals surface area contributed by atoms with Gasteiger partial charge in [-0.2, -0.15) is 0 Å². The fourth-order valence-electron chi connectivity index (χ4n) is 1.98. The van der Waals surface area contributed by atoms with Crippen molar-refractivity contribution in [1.29, 1.82) is 0 Å². The number of amides is 1. The standard InChI is InChI=1S/C13H18N2O4/c1-8-5-11-12(19-4-3-18-11)6-9(8)15(2)13(17)10(16)7-14/h5-6,10,16H,3-4,7,14H2,1-2H3. The molecule has 1 aromatic carbocycles. The van der Waals surface area contributed by atoms with E-state index < -0.39 is 12.0 Å². The molecule has 1 amide bonds. The Hall–Kier alpha value is -1.79. The molecule has 6 nitrogen and oxygen atoms in total. The van der Waals surface area contributed by atoms with Gasteiger partial charge in [-0.05, 0) is 18.6 Å². The number of likely N-dealkylation sites (N-methyl/N-ethyl adjacent to an activating group) is 1. The summed E-state index contributed by atoms with van der Waals surface area (Å²) in [4.78, 5) is 13.3. The molecule has 6 heteroatoms. The lowest BCUT2D eigenvalue weighted by Crippen LogP contribution is -2.40. The molecule has 0 saturated heterocycles. The maximum atomic E-state index is 11.9. The van der Waals surface area contributed by atoms with Gasteiger partial charge in [0.25, 0.3) is 5.91 Å². The zero-order valence-electron chi connectivity index (χ0n) is 11.0. The number of nitrogens with zero attached hydrogens (tertiary/aromatic N) is 1. The largest absolute Gasteiger partial charge is 0.486 e. The van der Waals surface area contributed by atoms with Crippen LogP contribution >= 0.6 is 0 Å². The molecular weight excluding hydrogens is 248 g/mol. The van der Waals surface area contributed by atoms with Crippen LogP contribution in [0.4, 0.5) is 5.69 Å². The van der Waals surface area contributed by atoms with Gasteiger partial charge < -0.3 is 25.2 Å². The Balaban J connectivity index is 2.31. The van der Waals surface area contributed by atoms with E-state index in [-0.39, 0.29) is 6.54 Å². The Morgan fingerprint density at radius 1 is 1.42 bits per heavy atom. The van der Waals surface area contributed by atoms with Crippen LogP contribution in [0.25, 0.3) is 0 Å². The highest BCUT2D eigenvalue weighted by atomic mass is 16.6. The van der Waals surface area contributed by atoms with E-state index in [0.29, 0.717) is 30.4 Å². The average molecular weight is 266 g/mol. The van der Waals surface area contributed by atoms with Crippen molar-refractivity contribution in [2.75, 3.05) is 31.7 Å². The number of anilines is 1. The number of carbonyl (C=O) groups excluding carboxylic acids is 1. The highest BCUT2D eigenvalue weighted by molar-refractivity contribution is 5.97. The minimum Gasteiger partial charge on any atom is -0.486 e. The second-order valence-corrected chi connectivity index (χ2v) is 4.43. The highest BCUT2D eigenvalue weighted by Gasteiger charge is 2.22. The smallest absolute Gasteiger partial charge is 0.256 e. The van der Waals surface area contributed by atoms with Gasteiger partial charge in [-0.15, -0.1) is 0 Å². The van der Waals surface area contributed by atoms with Crippen LogP contribution in [-0.4, -0.2) is 43.9 Å². The van der Waals surface area contributed by atoms with Crippen LogP contribution in [0.5, 0.6) is 11.5 Å². The highest BCUT2D eigenvalue weighted by Crippen LogP contribution is 2.36. The SMILES string of the molecule is Cc1cc2c(cc1N(C)C(=O)C(O)CN)OCCO2. The first-order valence-corrected chi connectivity index (χ1v) is 6.10. The fourth-order valence-corrected chi connectivity index (χ4v) is 1.98. The summed E-state index contributed by atoms with van der Waals surface area (Å²) in [6.07, 6.45) is -1.20. The van der Waals surface area contributed by atoms with E-state index in [4.69, 9.17) is 15.2 Å². The molecule has 104 valence electrons. The number of aryl methyl sites for hydroxylation is 1. The predicted molar refractivity (Wildman–Crippen MR) is 70.6 cm³/mol. The quantitative estimate of drug-likeness (QED) is 0.807.